The molecule has 1 atom stereocenters. The molecular formula is C18H34N4O. The van der Waals surface area contributed by atoms with Gasteiger partial charge in [-0.25, -0.2) is 0 Å². The van der Waals surface area contributed by atoms with Gasteiger partial charge in [0, 0.05) is 36.4 Å². The SMILES string of the molecule is Cc1nn(CCO)c(C)c1CNCC(C)(C)N1CCCC(C)C1. The van der Waals surface area contributed by atoms with Crippen LogP contribution in [0.2, 0.25) is 0 Å². The van der Waals surface area contributed by atoms with Crippen LogP contribution in [0.15, 0.2) is 0 Å². The zero-order chi connectivity index (χ0) is 17.0. The summed E-state index contributed by atoms with van der Waals surface area (Å²) in [5, 5.41) is 17.3. The molecule has 2 N–H and O–H groups in total. The van der Waals surface area contributed by atoms with Crippen LogP contribution in [0.1, 0.15) is 50.6 Å². The molecule has 132 valence electrons. The Morgan fingerprint density at radius 3 is 2.74 bits per heavy atom. The predicted octanol–water partition coefficient (Wildman–Crippen LogP) is 2.09. The number of hydrogen-bond donors (Lipinski definition) is 2. The molecule has 0 bridgehead atoms. The second-order valence-corrected chi connectivity index (χ2v) is 7.71. The van der Waals surface area contributed by atoms with Gasteiger partial charge in [-0.1, -0.05) is 6.92 Å². The molecule has 2 heterocycles. The average molecular weight is 322 g/mol. The minimum atomic E-state index is 0.134. The lowest BCUT2D eigenvalue weighted by molar-refractivity contribution is 0.0706. The van der Waals surface area contributed by atoms with Crippen molar-refractivity contribution in [3.8, 4) is 0 Å². The first kappa shape index (κ1) is 18.4. The van der Waals surface area contributed by atoms with Crippen molar-refractivity contribution >= 4 is 0 Å². The lowest BCUT2D eigenvalue weighted by Crippen LogP contribution is -2.53. The topological polar surface area (TPSA) is 53.3 Å². The average Bonchev–Trinajstić information content (AvgIpc) is 2.75. The number of aliphatic hydroxyl groups is 1. The summed E-state index contributed by atoms with van der Waals surface area (Å²) in [7, 11) is 0. The third-order valence-electron chi connectivity index (χ3n) is 5.22. The molecule has 23 heavy (non-hydrogen) atoms. The molecule has 0 aromatic carbocycles. The molecule has 1 aliphatic rings. The van der Waals surface area contributed by atoms with Crippen molar-refractivity contribution in [2.45, 2.75) is 66.1 Å². The van der Waals surface area contributed by atoms with Crippen LogP contribution in [0.5, 0.6) is 0 Å². The summed E-state index contributed by atoms with van der Waals surface area (Å²) in [6, 6.07) is 0. The van der Waals surface area contributed by atoms with Crippen molar-refractivity contribution in [2.75, 3.05) is 26.2 Å². The number of aryl methyl sites for hydroxylation is 1. The van der Waals surface area contributed by atoms with Crippen LogP contribution in [0.4, 0.5) is 0 Å². The maximum atomic E-state index is 9.11. The van der Waals surface area contributed by atoms with Crippen molar-refractivity contribution in [1.29, 1.82) is 0 Å². The van der Waals surface area contributed by atoms with Gasteiger partial charge in [-0.3, -0.25) is 9.58 Å². The third kappa shape index (κ3) is 4.55. The fraction of sp³-hybridized carbons (Fsp3) is 0.833. The first-order valence-electron chi connectivity index (χ1n) is 8.94. The van der Waals surface area contributed by atoms with Crippen molar-refractivity contribution < 1.29 is 5.11 Å². The van der Waals surface area contributed by atoms with Gasteiger partial charge in [0.25, 0.3) is 0 Å². The number of nitrogens with zero attached hydrogens (tertiary/aromatic N) is 3. The summed E-state index contributed by atoms with van der Waals surface area (Å²) < 4.78 is 1.91. The molecule has 5 heteroatoms. The zero-order valence-corrected chi connectivity index (χ0v) is 15.5. The largest absolute Gasteiger partial charge is 0.394 e. The van der Waals surface area contributed by atoms with E-state index in [1.165, 1.54) is 31.5 Å². The Balaban J connectivity index is 1.91. The van der Waals surface area contributed by atoms with Gasteiger partial charge in [-0.15, -0.1) is 0 Å². The fourth-order valence-corrected chi connectivity index (χ4v) is 3.65. The molecule has 0 radical (unpaired) electrons. The maximum Gasteiger partial charge on any atom is 0.0644 e. The smallest absolute Gasteiger partial charge is 0.0644 e. The molecule has 0 amide bonds. The van der Waals surface area contributed by atoms with Gasteiger partial charge in [0.05, 0.1) is 18.8 Å². The lowest BCUT2D eigenvalue weighted by atomic mass is 9.93. The molecule has 1 aromatic rings. The summed E-state index contributed by atoms with van der Waals surface area (Å²) in [4.78, 5) is 2.63. The Labute approximate surface area is 141 Å². The Morgan fingerprint density at radius 2 is 2.09 bits per heavy atom. The van der Waals surface area contributed by atoms with E-state index in [1.807, 2.05) is 4.68 Å². The molecule has 1 aliphatic heterocycles. The normalized spacial score (nSPS) is 20.2. The molecular weight excluding hydrogens is 288 g/mol. The standard InChI is InChI=1S/C18H34N4O/c1-14-7-6-8-21(12-14)18(4,5)13-19-11-17-15(2)20-22(9-10-23)16(17)3/h14,19,23H,6-13H2,1-5H3. The molecule has 2 rings (SSSR count). The van der Waals surface area contributed by atoms with Crippen LogP contribution in [-0.2, 0) is 13.1 Å². The van der Waals surface area contributed by atoms with E-state index in [0.717, 1.165) is 30.4 Å². The van der Waals surface area contributed by atoms with E-state index in [0.29, 0.717) is 6.54 Å². The van der Waals surface area contributed by atoms with Crippen molar-refractivity contribution in [2.24, 2.45) is 5.92 Å². The summed E-state index contributed by atoms with van der Waals surface area (Å²) in [6.45, 7) is 16.1. The van der Waals surface area contributed by atoms with E-state index >= 15 is 0 Å². The summed E-state index contributed by atoms with van der Waals surface area (Å²) >= 11 is 0. The minimum Gasteiger partial charge on any atom is -0.394 e. The molecule has 5 nitrogen and oxygen atoms in total. The quantitative estimate of drug-likeness (QED) is 0.807. The third-order valence-corrected chi connectivity index (χ3v) is 5.22. The molecule has 1 aromatic heterocycles. The van der Waals surface area contributed by atoms with Crippen LogP contribution in [0.25, 0.3) is 0 Å². The van der Waals surface area contributed by atoms with Crippen LogP contribution < -0.4 is 5.32 Å². The van der Waals surface area contributed by atoms with Gasteiger partial charge in [0.2, 0.25) is 0 Å². The van der Waals surface area contributed by atoms with Gasteiger partial charge < -0.3 is 10.4 Å². The van der Waals surface area contributed by atoms with E-state index < -0.39 is 0 Å². The highest BCUT2D eigenvalue weighted by Gasteiger charge is 2.29. The van der Waals surface area contributed by atoms with Crippen LogP contribution in [-0.4, -0.2) is 51.6 Å². The van der Waals surface area contributed by atoms with Gasteiger partial charge in [-0.05, 0) is 53.0 Å². The molecule has 0 aliphatic carbocycles. The Kier molecular flexibility index (Phi) is 6.23. The van der Waals surface area contributed by atoms with E-state index in [-0.39, 0.29) is 12.1 Å². The predicted molar refractivity (Wildman–Crippen MR) is 94.5 cm³/mol. The molecule has 0 saturated carbocycles. The van der Waals surface area contributed by atoms with Crippen molar-refractivity contribution in [3.63, 3.8) is 0 Å². The first-order valence-corrected chi connectivity index (χ1v) is 8.94. The van der Waals surface area contributed by atoms with Crippen LogP contribution in [0.3, 0.4) is 0 Å². The van der Waals surface area contributed by atoms with E-state index in [9.17, 15) is 0 Å². The van der Waals surface area contributed by atoms with Crippen molar-refractivity contribution in [1.82, 2.24) is 20.0 Å². The fourth-order valence-electron chi connectivity index (χ4n) is 3.65. The number of hydrogen-bond acceptors (Lipinski definition) is 4. The number of rotatable bonds is 7. The maximum absolute atomic E-state index is 9.11. The summed E-state index contributed by atoms with van der Waals surface area (Å²) in [5.41, 5.74) is 3.67. The van der Waals surface area contributed by atoms with Crippen LogP contribution >= 0.6 is 0 Å². The van der Waals surface area contributed by atoms with Gasteiger partial charge in [0.1, 0.15) is 0 Å². The van der Waals surface area contributed by atoms with Crippen molar-refractivity contribution in [3.05, 3.63) is 17.0 Å². The molecule has 1 unspecified atom stereocenters. The van der Waals surface area contributed by atoms with Gasteiger partial charge in [0.15, 0.2) is 0 Å². The van der Waals surface area contributed by atoms with Gasteiger partial charge in [-0.2, -0.15) is 5.10 Å². The number of piperidine rings is 1. The molecule has 0 spiro atoms. The second kappa shape index (κ2) is 7.77. The minimum absolute atomic E-state index is 0.134. The zero-order valence-electron chi connectivity index (χ0n) is 15.5. The van der Waals surface area contributed by atoms with E-state index in [2.05, 4.69) is 49.9 Å². The highest BCUT2D eigenvalue weighted by atomic mass is 16.3. The first-order chi connectivity index (χ1) is 10.8. The summed E-state index contributed by atoms with van der Waals surface area (Å²) in [5.74, 6) is 0.809. The number of nitrogens with one attached hydrogen (secondary N) is 1. The number of aliphatic hydroxyl groups excluding tert-OH is 1. The summed E-state index contributed by atoms with van der Waals surface area (Å²) in [6.07, 6.45) is 2.68. The number of aromatic nitrogens is 2. The highest BCUT2D eigenvalue weighted by molar-refractivity contribution is 5.24. The van der Waals surface area contributed by atoms with Crippen LogP contribution in [0, 0.1) is 19.8 Å². The van der Waals surface area contributed by atoms with Gasteiger partial charge >= 0.3 is 0 Å². The monoisotopic (exact) mass is 322 g/mol. The van der Waals surface area contributed by atoms with E-state index in [1.54, 1.807) is 0 Å². The highest BCUT2D eigenvalue weighted by Crippen LogP contribution is 2.23. The Morgan fingerprint density at radius 1 is 1.35 bits per heavy atom. The Hall–Kier alpha value is -0.910. The molecule has 1 fully saturated rings. The van der Waals surface area contributed by atoms with E-state index in [4.69, 9.17) is 5.11 Å². The second-order valence-electron chi connectivity index (χ2n) is 7.71. The number of likely N-dealkylation sites (tertiary alicyclic amines) is 1. The molecule has 1 saturated heterocycles. The lowest BCUT2D eigenvalue weighted by Gasteiger charge is -2.43. The Bertz CT molecular complexity index is 509.